The van der Waals surface area contributed by atoms with Gasteiger partial charge in [0.2, 0.25) is 5.91 Å². The summed E-state index contributed by atoms with van der Waals surface area (Å²) in [5, 5.41) is 9.65. The number of aryl methyl sites for hydroxylation is 1. The molecule has 5 heteroatoms. The standard InChI is InChI=1S/C16H22N2O3/c1-16(2,3)13(15(20)21)18-12-7-5-4-6-10(12)8-9-11(17)14(18)19/h4-7,11,13H,8-9,17H2,1-3H3,(H,20,21)/t11-,13+/m0/s1. The molecule has 0 unspecified atom stereocenters. The average Bonchev–Trinajstić information content (AvgIpc) is 2.50. The molecular formula is C16H22N2O3. The van der Waals surface area contributed by atoms with Gasteiger partial charge < -0.3 is 10.8 Å². The summed E-state index contributed by atoms with van der Waals surface area (Å²) in [5.74, 6) is -1.33. The number of aliphatic carboxylic acids is 1. The van der Waals surface area contributed by atoms with E-state index in [9.17, 15) is 14.7 Å². The van der Waals surface area contributed by atoms with E-state index in [0.29, 0.717) is 18.5 Å². The van der Waals surface area contributed by atoms with E-state index in [0.717, 1.165) is 5.56 Å². The Morgan fingerprint density at radius 1 is 1.38 bits per heavy atom. The molecule has 1 heterocycles. The second kappa shape index (κ2) is 5.48. The lowest BCUT2D eigenvalue weighted by Gasteiger charge is -2.38. The second-order valence-corrected chi connectivity index (χ2v) is 6.59. The van der Waals surface area contributed by atoms with Crippen LogP contribution < -0.4 is 10.6 Å². The van der Waals surface area contributed by atoms with Crippen molar-refractivity contribution in [2.45, 2.75) is 45.7 Å². The zero-order valence-electron chi connectivity index (χ0n) is 12.7. The van der Waals surface area contributed by atoms with Gasteiger partial charge in [-0.05, 0) is 29.9 Å². The first-order valence-corrected chi connectivity index (χ1v) is 7.13. The molecule has 0 aliphatic carbocycles. The summed E-state index contributed by atoms with van der Waals surface area (Å²) in [6.07, 6.45) is 1.21. The predicted molar refractivity (Wildman–Crippen MR) is 81.1 cm³/mol. The molecule has 0 saturated carbocycles. The van der Waals surface area contributed by atoms with Crippen molar-refractivity contribution in [3.63, 3.8) is 0 Å². The van der Waals surface area contributed by atoms with E-state index in [2.05, 4.69) is 0 Å². The number of para-hydroxylation sites is 1. The molecule has 1 amide bonds. The van der Waals surface area contributed by atoms with Crippen molar-refractivity contribution in [3.8, 4) is 0 Å². The number of anilines is 1. The normalized spacial score (nSPS) is 20.7. The second-order valence-electron chi connectivity index (χ2n) is 6.59. The van der Waals surface area contributed by atoms with Crippen molar-refractivity contribution in [2.75, 3.05) is 4.90 Å². The summed E-state index contributed by atoms with van der Waals surface area (Å²) in [5.41, 5.74) is 6.98. The third-order valence-electron chi connectivity index (χ3n) is 3.84. The van der Waals surface area contributed by atoms with E-state index in [1.807, 2.05) is 39.0 Å². The molecule has 0 fully saturated rings. The molecule has 0 radical (unpaired) electrons. The molecule has 21 heavy (non-hydrogen) atoms. The highest BCUT2D eigenvalue weighted by Crippen LogP contribution is 2.34. The van der Waals surface area contributed by atoms with Gasteiger partial charge in [0, 0.05) is 5.69 Å². The van der Waals surface area contributed by atoms with Crippen LogP contribution in [0.2, 0.25) is 0 Å². The summed E-state index contributed by atoms with van der Waals surface area (Å²) in [7, 11) is 0. The van der Waals surface area contributed by atoms with Gasteiger partial charge in [-0.3, -0.25) is 9.69 Å². The van der Waals surface area contributed by atoms with Gasteiger partial charge in [-0.2, -0.15) is 0 Å². The molecule has 5 nitrogen and oxygen atoms in total. The Morgan fingerprint density at radius 3 is 2.57 bits per heavy atom. The fourth-order valence-corrected chi connectivity index (χ4v) is 2.82. The summed E-state index contributed by atoms with van der Waals surface area (Å²) in [6.45, 7) is 5.45. The minimum absolute atomic E-state index is 0.317. The summed E-state index contributed by atoms with van der Waals surface area (Å²) < 4.78 is 0. The zero-order chi connectivity index (χ0) is 15.8. The Hall–Kier alpha value is -1.88. The van der Waals surface area contributed by atoms with E-state index in [-0.39, 0.29) is 5.91 Å². The number of carboxylic acids is 1. The Kier molecular flexibility index (Phi) is 4.05. The molecule has 2 atom stereocenters. The lowest BCUT2D eigenvalue weighted by atomic mass is 9.85. The molecule has 2 rings (SSSR count). The maximum atomic E-state index is 12.6. The molecular weight excluding hydrogens is 268 g/mol. The number of carbonyl (C=O) groups is 2. The summed E-state index contributed by atoms with van der Waals surface area (Å²) >= 11 is 0. The first-order valence-electron chi connectivity index (χ1n) is 7.13. The molecule has 1 aliphatic rings. The Bertz CT molecular complexity index is 563. The molecule has 1 aromatic rings. The van der Waals surface area contributed by atoms with E-state index in [4.69, 9.17) is 5.73 Å². The smallest absolute Gasteiger partial charge is 0.327 e. The number of carboxylic acid groups (broad SMARTS) is 1. The zero-order valence-corrected chi connectivity index (χ0v) is 12.7. The van der Waals surface area contributed by atoms with Crippen LogP contribution in [0.4, 0.5) is 5.69 Å². The van der Waals surface area contributed by atoms with Gasteiger partial charge in [0.15, 0.2) is 0 Å². The first kappa shape index (κ1) is 15.5. The number of rotatable bonds is 2. The third-order valence-corrected chi connectivity index (χ3v) is 3.84. The quantitative estimate of drug-likeness (QED) is 0.870. The minimum atomic E-state index is -1.01. The summed E-state index contributed by atoms with van der Waals surface area (Å²) in [6, 6.07) is 5.82. The number of hydrogen-bond donors (Lipinski definition) is 2. The number of nitrogens with two attached hydrogens (primary N) is 1. The van der Waals surface area contributed by atoms with Crippen molar-refractivity contribution in [1.82, 2.24) is 0 Å². The number of benzene rings is 1. The Balaban J connectivity index is 2.61. The van der Waals surface area contributed by atoms with Gasteiger partial charge >= 0.3 is 5.97 Å². The number of nitrogens with zero attached hydrogens (tertiary/aromatic N) is 1. The maximum Gasteiger partial charge on any atom is 0.327 e. The molecule has 0 saturated heterocycles. The topological polar surface area (TPSA) is 83.6 Å². The van der Waals surface area contributed by atoms with Crippen LogP contribution in [0.25, 0.3) is 0 Å². The van der Waals surface area contributed by atoms with Crippen LogP contribution >= 0.6 is 0 Å². The van der Waals surface area contributed by atoms with Crippen LogP contribution in [-0.4, -0.2) is 29.1 Å². The van der Waals surface area contributed by atoms with E-state index < -0.39 is 23.5 Å². The average molecular weight is 290 g/mol. The van der Waals surface area contributed by atoms with Crippen LogP contribution in [0.15, 0.2) is 24.3 Å². The number of hydrogen-bond acceptors (Lipinski definition) is 3. The fourth-order valence-electron chi connectivity index (χ4n) is 2.82. The van der Waals surface area contributed by atoms with Crippen molar-refractivity contribution in [3.05, 3.63) is 29.8 Å². The van der Waals surface area contributed by atoms with Gasteiger partial charge in [-0.1, -0.05) is 39.0 Å². The molecule has 0 aromatic heterocycles. The highest BCUT2D eigenvalue weighted by atomic mass is 16.4. The van der Waals surface area contributed by atoms with Crippen LogP contribution in [0.1, 0.15) is 32.8 Å². The van der Waals surface area contributed by atoms with Crippen molar-refractivity contribution in [2.24, 2.45) is 11.1 Å². The van der Waals surface area contributed by atoms with Crippen molar-refractivity contribution < 1.29 is 14.7 Å². The Morgan fingerprint density at radius 2 is 2.00 bits per heavy atom. The number of carbonyl (C=O) groups excluding carboxylic acids is 1. The van der Waals surface area contributed by atoms with Crippen molar-refractivity contribution in [1.29, 1.82) is 0 Å². The van der Waals surface area contributed by atoms with E-state index in [1.165, 1.54) is 4.90 Å². The molecule has 3 N–H and O–H groups in total. The Labute approximate surface area is 124 Å². The van der Waals surface area contributed by atoms with Gasteiger partial charge in [0.1, 0.15) is 6.04 Å². The van der Waals surface area contributed by atoms with Crippen LogP contribution in [0, 0.1) is 5.41 Å². The molecule has 0 bridgehead atoms. The molecule has 114 valence electrons. The number of fused-ring (bicyclic) bond motifs is 1. The fraction of sp³-hybridized carbons (Fsp3) is 0.500. The van der Waals surface area contributed by atoms with Crippen LogP contribution in [0.5, 0.6) is 0 Å². The van der Waals surface area contributed by atoms with Crippen LogP contribution in [0.3, 0.4) is 0 Å². The number of amides is 1. The lowest BCUT2D eigenvalue weighted by molar-refractivity contribution is -0.143. The highest BCUT2D eigenvalue weighted by Gasteiger charge is 2.42. The van der Waals surface area contributed by atoms with Gasteiger partial charge in [0.25, 0.3) is 0 Å². The highest BCUT2D eigenvalue weighted by molar-refractivity contribution is 6.03. The van der Waals surface area contributed by atoms with Gasteiger partial charge in [-0.25, -0.2) is 4.79 Å². The van der Waals surface area contributed by atoms with E-state index >= 15 is 0 Å². The largest absolute Gasteiger partial charge is 0.480 e. The summed E-state index contributed by atoms with van der Waals surface area (Å²) in [4.78, 5) is 25.8. The first-order chi connectivity index (χ1) is 9.73. The molecule has 1 aliphatic heterocycles. The lowest BCUT2D eigenvalue weighted by Crippen LogP contribution is -2.56. The predicted octanol–water partition coefficient (Wildman–Crippen LogP) is 1.79. The minimum Gasteiger partial charge on any atom is -0.480 e. The monoisotopic (exact) mass is 290 g/mol. The van der Waals surface area contributed by atoms with E-state index in [1.54, 1.807) is 6.07 Å². The van der Waals surface area contributed by atoms with Gasteiger partial charge in [-0.15, -0.1) is 0 Å². The molecule has 1 aromatic carbocycles. The van der Waals surface area contributed by atoms with Crippen LogP contribution in [-0.2, 0) is 16.0 Å². The maximum absolute atomic E-state index is 12.6. The van der Waals surface area contributed by atoms with Crippen molar-refractivity contribution >= 4 is 17.6 Å². The molecule has 0 spiro atoms. The van der Waals surface area contributed by atoms with Gasteiger partial charge in [0.05, 0.1) is 6.04 Å². The third kappa shape index (κ3) is 2.93. The SMILES string of the molecule is CC(C)(C)[C@@H](C(=O)O)N1C(=O)[C@@H](N)CCc2ccccc21.